The summed E-state index contributed by atoms with van der Waals surface area (Å²) in [7, 11) is 0. The molecule has 0 aromatic rings. The van der Waals surface area contributed by atoms with Crippen LogP contribution in [0, 0.1) is 5.92 Å². The van der Waals surface area contributed by atoms with Gasteiger partial charge in [0, 0.05) is 0 Å². The lowest BCUT2D eigenvalue weighted by molar-refractivity contribution is 0.512. The Labute approximate surface area is 81.1 Å². The van der Waals surface area contributed by atoms with Crippen molar-refractivity contribution in [1.82, 2.24) is 0 Å². The number of thioether (sulfide) groups is 1. The Kier molecular flexibility index (Phi) is 8.80. The van der Waals surface area contributed by atoms with Gasteiger partial charge in [-0.3, -0.25) is 0 Å². The smallest absolute Gasteiger partial charge is 0.0288 e. The molecule has 0 aliphatic carbocycles. The summed E-state index contributed by atoms with van der Waals surface area (Å²) in [5, 5.41) is 3.97. The Hall–Kier alpha value is -0.170. The second kappa shape index (κ2) is 8.92. The highest BCUT2D eigenvalue weighted by Gasteiger charge is 1.96. The SMILES string of the molecule is C=CS/C=C\CC(C)CCCC. The summed E-state index contributed by atoms with van der Waals surface area (Å²) in [6, 6.07) is 0. The molecule has 1 unspecified atom stereocenters. The fraction of sp³-hybridized carbons (Fsp3) is 0.636. The first-order valence-electron chi connectivity index (χ1n) is 4.72. The van der Waals surface area contributed by atoms with Crippen LogP contribution in [0.3, 0.4) is 0 Å². The molecule has 1 heteroatoms. The van der Waals surface area contributed by atoms with Crippen LogP contribution in [0.2, 0.25) is 0 Å². The van der Waals surface area contributed by atoms with Crippen molar-refractivity contribution >= 4 is 11.8 Å². The van der Waals surface area contributed by atoms with E-state index in [2.05, 4.69) is 31.9 Å². The molecule has 0 rings (SSSR count). The monoisotopic (exact) mass is 184 g/mol. The molecule has 0 spiro atoms. The van der Waals surface area contributed by atoms with E-state index in [0.29, 0.717) is 0 Å². The summed E-state index contributed by atoms with van der Waals surface area (Å²) in [5.41, 5.74) is 0. The first-order valence-corrected chi connectivity index (χ1v) is 5.66. The second-order valence-corrected chi connectivity index (χ2v) is 4.04. The van der Waals surface area contributed by atoms with Crippen LogP contribution in [0.25, 0.3) is 0 Å². The molecule has 0 aromatic carbocycles. The molecule has 0 nitrogen and oxygen atoms in total. The Balaban J connectivity index is 3.29. The van der Waals surface area contributed by atoms with Crippen molar-refractivity contribution in [3.8, 4) is 0 Å². The fourth-order valence-electron chi connectivity index (χ4n) is 1.07. The molecule has 0 aromatic heterocycles. The zero-order valence-electron chi connectivity index (χ0n) is 8.25. The Morgan fingerprint density at radius 2 is 2.25 bits per heavy atom. The summed E-state index contributed by atoms with van der Waals surface area (Å²) < 4.78 is 0. The van der Waals surface area contributed by atoms with Crippen LogP contribution < -0.4 is 0 Å². The molecule has 0 N–H and O–H groups in total. The second-order valence-electron chi connectivity index (χ2n) is 3.16. The minimum Gasteiger partial charge on any atom is -0.107 e. The molecule has 0 heterocycles. The summed E-state index contributed by atoms with van der Waals surface area (Å²) in [6.45, 7) is 8.20. The van der Waals surface area contributed by atoms with Crippen molar-refractivity contribution in [2.45, 2.75) is 39.5 Å². The van der Waals surface area contributed by atoms with Gasteiger partial charge in [-0.15, -0.1) is 11.8 Å². The van der Waals surface area contributed by atoms with Crippen LogP contribution in [0.15, 0.2) is 23.5 Å². The van der Waals surface area contributed by atoms with Crippen molar-refractivity contribution < 1.29 is 0 Å². The van der Waals surface area contributed by atoms with Crippen molar-refractivity contribution in [2.75, 3.05) is 0 Å². The zero-order chi connectivity index (χ0) is 9.23. The third kappa shape index (κ3) is 7.93. The van der Waals surface area contributed by atoms with Crippen LogP contribution in [-0.2, 0) is 0 Å². The van der Waals surface area contributed by atoms with Gasteiger partial charge in [-0.2, -0.15) is 0 Å². The van der Waals surface area contributed by atoms with Crippen molar-refractivity contribution in [3.63, 3.8) is 0 Å². The van der Waals surface area contributed by atoms with Gasteiger partial charge < -0.3 is 0 Å². The van der Waals surface area contributed by atoms with Gasteiger partial charge in [-0.1, -0.05) is 45.8 Å². The quantitative estimate of drug-likeness (QED) is 0.557. The molecule has 1 atom stereocenters. The predicted octanol–water partition coefficient (Wildman–Crippen LogP) is 4.59. The number of hydrogen-bond donors (Lipinski definition) is 0. The molecule has 0 saturated carbocycles. The topological polar surface area (TPSA) is 0 Å². The van der Waals surface area contributed by atoms with E-state index in [0.717, 1.165) is 5.92 Å². The Morgan fingerprint density at radius 3 is 2.83 bits per heavy atom. The summed E-state index contributed by atoms with van der Waals surface area (Å²) in [4.78, 5) is 0. The van der Waals surface area contributed by atoms with Gasteiger partial charge in [0.2, 0.25) is 0 Å². The molecule has 0 aliphatic rings. The lowest BCUT2D eigenvalue weighted by Gasteiger charge is -2.05. The van der Waals surface area contributed by atoms with E-state index in [1.165, 1.54) is 25.7 Å². The van der Waals surface area contributed by atoms with Gasteiger partial charge in [0.1, 0.15) is 0 Å². The van der Waals surface area contributed by atoms with Crippen molar-refractivity contribution in [2.24, 2.45) is 5.92 Å². The molecular weight excluding hydrogens is 164 g/mol. The van der Waals surface area contributed by atoms with E-state index in [1.807, 2.05) is 5.41 Å². The number of hydrogen-bond acceptors (Lipinski definition) is 1. The largest absolute Gasteiger partial charge is 0.107 e. The van der Waals surface area contributed by atoms with Gasteiger partial charge in [-0.25, -0.2) is 0 Å². The molecule has 0 radical (unpaired) electrons. The zero-order valence-corrected chi connectivity index (χ0v) is 9.07. The lowest BCUT2D eigenvalue weighted by Crippen LogP contribution is -1.91. The van der Waals surface area contributed by atoms with E-state index in [9.17, 15) is 0 Å². The highest BCUT2D eigenvalue weighted by atomic mass is 32.2. The van der Waals surface area contributed by atoms with Crippen LogP contribution in [0.1, 0.15) is 39.5 Å². The van der Waals surface area contributed by atoms with Crippen LogP contribution in [0.4, 0.5) is 0 Å². The molecule has 0 bridgehead atoms. The highest BCUT2D eigenvalue weighted by Crippen LogP contribution is 2.13. The lowest BCUT2D eigenvalue weighted by atomic mass is 10.0. The van der Waals surface area contributed by atoms with Gasteiger partial charge in [0.15, 0.2) is 0 Å². The third-order valence-electron chi connectivity index (χ3n) is 1.86. The van der Waals surface area contributed by atoms with Crippen LogP contribution >= 0.6 is 11.8 Å². The Bertz CT molecular complexity index is 127. The van der Waals surface area contributed by atoms with E-state index in [-0.39, 0.29) is 0 Å². The molecule has 12 heavy (non-hydrogen) atoms. The van der Waals surface area contributed by atoms with E-state index in [4.69, 9.17) is 0 Å². The maximum atomic E-state index is 3.64. The molecule has 70 valence electrons. The fourth-order valence-corrected chi connectivity index (χ4v) is 1.40. The summed E-state index contributed by atoms with van der Waals surface area (Å²) >= 11 is 1.66. The highest BCUT2D eigenvalue weighted by molar-refractivity contribution is 8.04. The van der Waals surface area contributed by atoms with Gasteiger partial charge in [0.25, 0.3) is 0 Å². The normalized spacial score (nSPS) is 13.5. The van der Waals surface area contributed by atoms with Crippen molar-refractivity contribution in [1.29, 1.82) is 0 Å². The molecular formula is C11H20S. The maximum Gasteiger partial charge on any atom is -0.0288 e. The first kappa shape index (κ1) is 11.8. The standard InChI is InChI=1S/C11H20S/c1-4-6-8-11(3)9-7-10-12-5-2/h5,7,10-11H,2,4,6,8-9H2,1,3H3/b10-7-. The van der Waals surface area contributed by atoms with Gasteiger partial charge >= 0.3 is 0 Å². The molecule has 0 amide bonds. The maximum absolute atomic E-state index is 3.64. The predicted molar refractivity (Wildman–Crippen MR) is 60.2 cm³/mol. The molecule has 0 fully saturated rings. The number of rotatable bonds is 7. The number of allylic oxidation sites excluding steroid dienone is 1. The summed E-state index contributed by atoms with van der Waals surface area (Å²) in [5.74, 6) is 0.839. The van der Waals surface area contributed by atoms with Gasteiger partial charge in [-0.05, 0) is 23.2 Å². The Morgan fingerprint density at radius 1 is 1.50 bits per heavy atom. The van der Waals surface area contributed by atoms with E-state index in [1.54, 1.807) is 11.8 Å². The van der Waals surface area contributed by atoms with E-state index < -0.39 is 0 Å². The first-order chi connectivity index (χ1) is 5.81. The van der Waals surface area contributed by atoms with Crippen LogP contribution in [0.5, 0.6) is 0 Å². The van der Waals surface area contributed by atoms with E-state index >= 15 is 0 Å². The summed E-state index contributed by atoms with van der Waals surface area (Å²) in [6.07, 6.45) is 7.49. The number of unbranched alkanes of at least 4 members (excludes halogenated alkanes) is 1. The van der Waals surface area contributed by atoms with Crippen molar-refractivity contribution in [3.05, 3.63) is 23.5 Å². The van der Waals surface area contributed by atoms with Crippen LogP contribution in [-0.4, -0.2) is 0 Å². The van der Waals surface area contributed by atoms with Gasteiger partial charge in [0.05, 0.1) is 0 Å². The molecule has 0 aliphatic heterocycles. The molecule has 0 saturated heterocycles. The minimum absolute atomic E-state index is 0.839. The average molecular weight is 184 g/mol. The minimum atomic E-state index is 0.839. The third-order valence-corrected chi connectivity index (χ3v) is 2.40. The average Bonchev–Trinajstić information content (AvgIpc) is 2.09.